The molecule has 2 heterocycles. The standard InChI is InChI=1S/C4H7N5/c1-2-4-6-7-8-9(4)5-3-1/h1-3,5-8H. The van der Waals surface area contributed by atoms with Crippen molar-refractivity contribution >= 4 is 0 Å². The number of aromatic nitrogens is 5. The number of nitrogens with one attached hydrogen (secondary N) is 4. The minimum atomic E-state index is 0.956. The largest absolute Gasteiger partial charge is 0.284 e. The Morgan fingerprint density at radius 2 is 2.44 bits per heavy atom. The molecule has 2 rings (SSSR count). The summed E-state index contributed by atoms with van der Waals surface area (Å²) in [7, 11) is 0. The van der Waals surface area contributed by atoms with Crippen LogP contribution in [-0.4, -0.2) is 25.4 Å². The van der Waals surface area contributed by atoms with E-state index in [-0.39, 0.29) is 0 Å². The number of fused-ring (bicyclic) bond motifs is 1. The van der Waals surface area contributed by atoms with Crippen molar-refractivity contribution in [3.8, 4) is 5.82 Å². The minimum absolute atomic E-state index is 0.956. The maximum atomic E-state index is 2.93. The van der Waals surface area contributed by atoms with Gasteiger partial charge in [-0.05, 0) is 12.1 Å². The predicted octanol–water partition coefficient (Wildman–Crippen LogP) is 0.352. The summed E-state index contributed by atoms with van der Waals surface area (Å²) < 4.78 is 0. The van der Waals surface area contributed by atoms with Crippen molar-refractivity contribution in [2.24, 2.45) is 0 Å². The van der Waals surface area contributed by atoms with Crippen molar-refractivity contribution in [1.82, 2.24) is 25.4 Å². The van der Waals surface area contributed by atoms with Gasteiger partial charge in [0.25, 0.3) is 0 Å². The second-order valence-corrected chi connectivity index (χ2v) is 1.74. The summed E-state index contributed by atoms with van der Waals surface area (Å²) in [5.41, 5.74) is 0. The van der Waals surface area contributed by atoms with Crippen LogP contribution in [-0.2, 0) is 0 Å². The SMILES string of the molecule is c1c[nH]n2[nH][nH][nH]c-2c1. The molecule has 9 heavy (non-hydrogen) atoms. The molecule has 0 amide bonds. The van der Waals surface area contributed by atoms with Gasteiger partial charge in [0.05, 0.1) is 0 Å². The summed E-state index contributed by atoms with van der Waals surface area (Å²) in [5, 5.41) is 11.3. The van der Waals surface area contributed by atoms with Crippen molar-refractivity contribution in [3.05, 3.63) is 18.3 Å². The molecule has 0 saturated carbocycles. The summed E-state index contributed by atoms with van der Waals surface area (Å²) in [6.45, 7) is 0. The maximum absolute atomic E-state index is 2.93. The van der Waals surface area contributed by atoms with E-state index in [0.29, 0.717) is 0 Å². The van der Waals surface area contributed by atoms with Crippen LogP contribution in [0.1, 0.15) is 0 Å². The van der Waals surface area contributed by atoms with Gasteiger partial charge in [0, 0.05) is 6.20 Å². The zero-order valence-corrected chi connectivity index (χ0v) is 4.68. The average molecular weight is 125 g/mol. The van der Waals surface area contributed by atoms with Crippen LogP contribution in [0.2, 0.25) is 0 Å². The molecule has 0 unspecified atom stereocenters. The van der Waals surface area contributed by atoms with Gasteiger partial charge >= 0.3 is 0 Å². The number of rotatable bonds is 0. The molecule has 0 aromatic heterocycles. The molecule has 4 N–H and O–H groups in total. The van der Waals surface area contributed by atoms with E-state index in [1.54, 1.807) is 4.80 Å². The van der Waals surface area contributed by atoms with Gasteiger partial charge in [-0.2, -0.15) is 4.80 Å². The second-order valence-electron chi connectivity index (χ2n) is 1.74. The summed E-state index contributed by atoms with van der Waals surface area (Å²) >= 11 is 0. The lowest BCUT2D eigenvalue weighted by Crippen LogP contribution is -1.99. The molecule has 2 aliphatic rings. The average Bonchev–Trinajstić information content (AvgIpc) is 2.33. The van der Waals surface area contributed by atoms with Crippen LogP contribution in [0.4, 0.5) is 0 Å². The molecule has 5 heteroatoms. The van der Waals surface area contributed by atoms with Crippen LogP contribution in [0.15, 0.2) is 18.3 Å². The first-order valence-corrected chi connectivity index (χ1v) is 2.66. The third-order valence-corrected chi connectivity index (χ3v) is 1.15. The second kappa shape index (κ2) is 1.48. The fraction of sp³-hybridized carbons (Fsp3) is 0. The first kappa shape index (κ1) is 4.37. The Hall–Kier alpha value is -1.52. The number of hydrogen-bond donors (Lipinski definition) is 4. The third kappa shape index (κ3) is 0.543. The Balaban J connectivity index is 2.79. The zero-order valence-electron chi connectivity index (χ0n) is 4.68. The van der Waals surface area contributed by atoms with E-state index in [0.717, 1.165) is 5.82 Å². The molecule has 2 aliphatic heterocycles. The van der Waals surface area contributed by atoms with Crippen LogP contribution < -0.4 is 0 Å². The van der Waals surface area contributed by atoms with Crippen LogP contribution >= 0.6 is 0 Å². The normalized spacial score (nSPS) is 10.2. The van der Waals surface area contributed by atoms with Gasteiger partial charge in [-0.25, -0.2) is 10.4 Å². The number of aromatic amines is 4. The van der Waals surface area contributed by atoms with Gasteiger partial charge in [0.1, 0.15) is 0 Å². The quantitative estimate of drug-likeness (QED) is 0.392. The fourth-order valence-electron chi connectivity index (χ4n) is 0.739. The summed E-state index contributed by atoms with van der Waals surface area (Å²) in [6.07, 6.45) is 1.82. The molecule has 0 aromatic rings. The predicted molar refractivity (Wildman–Crippen MR) is 32.0 cm³/mol. The van der Waals surface area contributed by atoms with Crippen LogP contribution in [0.3, 0.4) is 0 Å². The highest BCUT2D eigenvalue weighted by Crippen LogP contribution is 1.95. The molecule has 0 spiro atoms. The molecule has 0 aliphatic carbocycles. The Morgan fingerprint density at radius 3 is 3.33 bits per heavy atom. The van der Waals surface area contributed by atoms with Crippen molar-refractivity contribution in [3.63, 3.8) is 0 Å². The fourth-order valence-corrected chi connectivity index (χ4v) is 0.739. The van der Waals surface area contributed by atoms with E-state index >= 15 is 0 Å². The van der Waals surface area contributed by atoms with E-state index in [4.69, 9.17) is 0 Å². The van der Waals surface area contributed by atoms with Crippen molar-refractivity contribution in [2.45, 2.75) is 0 Å². The summed E-state index contributed by atoms with van der Waals surface area (Å²) in [5.74, 6) is 0.956. The Kier molecular flexibility index (Phi) is 0.717. The smallest absolute Gasteiger partial charge is 0.165 e. The van der Waals surface area contributed by atoms with Gasteiger partial charge in [0.2, 0.25) is 0 Å². The molecular formula is C4H7N5. The van der Waals surface area contributed by atoms with E-state index in [9.17, 15) is 0 Å². The Morgan fingerprint density at radius 1 is 1.44 bits per heavy atom. The van der Waals surface area contributed by atoms with Crippen LogP contribution in [0, 0.1) is 0 Å². The van der Waals surface area contributed by atoms with Gasteiger partial charge in [-0.15, -0.1) is 0 Å². The number of hydrogen-bond acceptors (Lipinski definition) is 0. The van der Waals surface area contributed by atoms with Gasteiger partial charge in [-0.1, -0.05) is 0 Å². The molecule has 0 atom stereocenters. The monoisotopic (exact) mass is 125 g/mol. The molecule has 48 valence electrons. The lowest BCUT2D eigenvalue weighted by molar-refractivity contribution is 0.687. The summed E-state index contributed by atoms with van der Waals surface area (Å²) in [6, 6.07) is 3.84. The molecule has 5 nitrogen and oxygen atoms in total. The van der Waals surface area contributed by atoms with E-state index < -0.39 is 0 Å². The lowest BCUT2D eigenvalue weighted by atomic mass is 10.5. The topological polar surface area (TPSA) is 68.1 Å². The lowest BCUT2D eigenvalue weighted by Gasteiger charge is -1.96. The highest BCUT2D eigenvalue weighted by atomic mass is 15.6. The third-order valence-electron chi connectivity index (χ3n) is 1.15. The Bertz CT molecular complexity index is 249. The highest BCUT2D eigenvalue weighted by molar-refractivity contribution is 5.14. The van der Waals surface area contributed by atoms with Crippen molar-refractivity contribution in [1.29, 1.82) is 0 Å². The first-order valence-electron chi connectivity index (χ1n) is 2.66. The van der Waals surface area contributed by atoms with Gasteiger partial charge < -0.3 is 0 Å². The molecule has 0 bridgehead atoms. The molecule has 0 fully saturated rings. The van der Waals surface area contributed by atoms with E-state index in [1.165, 1.54) is 0 Å². The highest BCUT2D eigenvalue weighted by Gasteiger charge is 1.92. The van der Waals surface area contributed by atoms with E-state index in [2.05, 4.69) is 20.6 Å². The maximum Gasteiger partial charge on any atom is 0.165 e. The van der Waals surface area contributed by atoms with Crippen molar-refractivity contribution in [2.75, 3.05) is 0 Å². The van der Waals surface area contributed by atoms with Gasteiger partial charge in [-0.3, -0.25) is 10.2 Å². The molecular weight excluding hydrogens is 118 g/mol. The van der Waals surface area contributed by atoms with Crippen LogP contribution in [0.25, 0.3) is 5.82 Å². The van der Waals surface area contributed by atoms with Crippen molar-refractivity contribution < 1.29 is 0 Å². The first-order chi connectivity index (χ1) is 4.47. The van der Waals surface area contributed by atoms with E-state index in [1.807, 2.05) is 18.3 Å². The number of tetrazole rings is 1. The number of nitrogens with zero attached hydrogens (tertiary/aromatic N) is 1. The molecule has 0 aromatic carbocycles. The van der Waals surface area contributed by atoms with Gasteiger partial charge in [0.15, 0.2) is 5.82 Å². The number of H-pyrrole nitrogens is 4. The molecule has 0 saturated heterocycles. The zero-order chi connectivity index (χ0) is 6.10. The summed E-state index contributed by atoms with van der Waals surface area (Å²) in [4.78, 5) is 1.72. The van der Waals surface area contributed by atoms with Crippen LogP contribution in [0.5, 0.6) is 0 Å². The molecule has 0 radical (unpaired) electrons. The Labute approximate surface area is 50.6 Å². The minimum Gasteiger partial charge on any atom is -0.284 e.